The number of hydrogen-bond donors (Lipinski definition) is 1. The molecule has 0 bridgehead atoms. The Bertz CT molecular complexity index is 543. The van der Waals surface area contributed by atoms with Crippen molar-refractivity contribution in [3.8, 4) is 0 Å². The number of sulfone groups is 1. The third-order valence-corrected chi connectivity index (χ3v) is 5.64. The van der Waals surface area contributed by atoms with Gasteiger partial charge >= 0.3 is 0 Å². The molecule has 0 amide bonds. The van der Waals surface area contributed by atoms with Crippen LogP contribution in [-0.2, 0) is 22.9 Å². The molecular weight excluding hydrogens is 286 g/mol. The van der Waals surface area contributed by atoms with Crippen molar-refractivity contribution >= 4 is 9.84 Å². The first-order chi connectivity index (χ1) is 10.00. The van der Waals surface area contributed by atoms with E-state index < -0.39 is 9.84 Å². The monoisotopic (exact) mass is 311 g/mol. The summed E-state index contributed by atoms with van der Waals surface area (Å²) in [5.74, 6) is 0.597. The maximum absolute atomic E-state index is 11.5. The molecule has 0 spiro atoms. The molecule has 1 aromatic rings. The number of pyridine rings is 1. The predicted octanol–water partition coefficient (Wildman–Crippen LogP) is 1.20. The first-order valence-corrected chi connectivity index (χ1v) is 9.37. The molecule has 2 rings (SSSR count). The second-order valence-electron chi connectivity index (χ2n) is 5.81. The van der Waals surface area contributed by atoms with E-state index in [1.165, 1.54) is 5.56 Å². The standard InChI is InChI=1S/C15H25N3O2S/c1-3-7-16-9-13-4-5-14(17-10-13)11-18(2)15-6-8-21(19,20)12-15/h4-5,10,15-16H,3,6-9,11-12H2,1-2H3. The van der Waals surface area contributed by atoms with Crippen molar-refractivity contribution in [2.75, 3.05) is 25.1 Å². The molecule has 2 heterocycles. The average Bonchev–Trinajstić information content (AvgIpc) is 2.81. The van der Waals surface area contributed by atoms with Crippen LogP contribution in [0.15, 0.2) is 18.3 Å². The molecule has 0 aromatic carbocycles. The number of nitrogens with one attached hydrogen (secondary N) is 1. The number of aromatic nitrogens is 1. The fourth-order valence-corrected chi connectivity index (χ4v) is 4.38. The summed E-state index contributed by atoms with van der Waals surface area (Å²) in [5, 5.41) is 3.35. The highest BCUT2D eigenvalue weighted by Crippen LogP contribution is 2.18. The second-order valence-corrected chi connectivity index (χ2v) is 8.04. The molecule has 21 heavy (non-hydrogen) atoms. The van der Waals surface area contributed by atoms with Gasteiger partial charge in [-0.05, 0) is 38.1 Å². The smallest absolute Gasteiger partial charge is 0.151 e. The highest BCUT2D eigenvalue weighted by Gasteiger charge is 2.30. The van der Waals surface area contributed by atoms with Gasteiger partial charge in [0, 0.05) is 25.3 Å². The van der Waals surface area contributed by atoms with Crippen LogP contribution in [0.3, 0.4) is 0 Å². The van der Waals surface area contributed by atoms with Crippen molar-refractivity contribution in [2.24, 2.45) is 0 Å². The fourth-order valence-electron chi connectivity index (χ4n) is 2.57. The van der Waals surface area contributed by atoms with E-state index >= 15 is 0 Å². The van der Waals surface area contributed by atoms with Gasteiger partial charge in [0.1, 0.15) is 0 Å². The number of rotatable bonds is 7. The fraction of sp³-hybridized carbons (Fsp3) is 0.667. The van der Waals surface area contributed by atoms with Crippen LogP contribution < -0.4 is 5.32 Å². The molecule has 0 saturated carbocycles. The molecule has 0 radical (unpaired) electrons. The molecule has 0 aliphatic carbocycles. The first kappa shape index (κ1) is 16.4. The van der Waals surface area contributed by atoms with E-state index in [1.807, 2.05) is 19.3 Å². The molecule has 1 aliphatic heterocycles. The minimum Gasteiger partial charge on any atom is -0.313 e. The normalized spacial score (nSPS) is 21.0. The quantitative estimate of drug-likeness (QED) is 0.767. The van der Waals surface area contributed by atoms with Crippen molar-refractivity contribution in [3.63, 3.8) is 0 Å². The van der Waals surface area contributed by atoms with Crippen LogP contribution in [-0.4, -0.2) is 49.4 Å². The predicted molar refractivity (Wildman–Crippen MR) is 84.8 cm³/mol. The summed E-state index contributed by atoms with van der Waals surface area (Å²) in [7, 11) is -0.847. The first-order valence-electron chi connectivity index (χ1n) is 7.55. The van der Waals surface area contributed by atoms with E-state index in [-0.39, 0.29) is 11.8 Å². The zero-order chi connectivity index (χ0) is 15.3. The Morgan fingerprint density at radius 2 is 2.24 bits per heavy atom. The van der Waals surface area contributed by atoms with E-state index in [0.29, 0.717) is 12.3 Å². The lowest BCUT2D eigenvalue weighted by Crippen LogP contribution is -2.32. The average molecular weight is 311 g/mol. The third-order valence-electron chi connectivity index (χ3n) is 3.89. The Balaban J connectivity index is 1.85. The SMILES string of the molecule is CCCNCc1ccc(CN(C)C2CCS(=O)(=O)C2)nc1. The molecule has 1 N–H and O–H groups in total. The summed E-state index contributed by atoms with van der Waals surface area (Å²) < 4.78 is 23.0. The minimum atomic E-state index is -2.82. The van der Waals surface area contributed by atoms with Gasteiger partial charge in [0.2, 0.25) is 0 Å². The Hall–Kier alpha value is -0.980. The number of hydrogen-bond acceptors (Lipinski definition) is 5. The second kappa shape index (κ2) is 7.33. The van der Waals surface area contributed by atoms with Gasteiger partial charge in [-0.2, -0.15) is 0 Å². The van der Waals surface area contributed by atoms with Crippen molar-refractivity contribution in [3.05, 3.63) is 29.6 Å². The van der Waals surface area contributed by atoms with Crippen molar-refractivity contribution in [1.82, 2.24) is 15.2 Å². The van der Waals surface area contributed by atoms with Crippen LogP contribution in [0, 0.1) is 0 Å². The lowest BCUT2D eigenvalue weighted by molar-refractivity contribution is 0.251. The zero-order valence-corrected chi connectivity index (χ0v) is 13.7. The van der Waals surface area contributed by atoms with E-state index in [0.717, 1.165) is 31.6 Å². The van der Waals surface area contributed by atoms with Crippen LogP contribution in [0.4, 0.5) is 0 Å². The van der Waals surface area contributed by atoms with E-state index in [9.17, 15) is 8.42 Å². The summed E-state index contributed by atoms with van der Waals surface area (Å²) >= 11 is 0. The van der Waals surface area contributed by atoms with Gasteiger partial charge in [-0.1, -0.05) is 13.0 Å². The highest BCUT2D eigenvalue weighted by atomic mass is 32.2. The van der Waals surface area contributed by atoms with E-state index in [1.54, 1.807) is 0 Å². The van der Waals surface area contributed by atoms with Gasteiger partial charge in [0.05, 0.1) is 17.2 Å². The summed E-state index contributed by atoms with van der Waals surface area (Å²) in [5.41, 5.74) is 2.17. The Kier molecular flexibility index (Phi) is 5.72. The lowest BCUT2D eigenvalue weighted by atomic mass is 10.2. The summed E-state index contributed by atoms with van der Waals surface area (Å²) in [4.78, 5) is 6.57. The van der Waals surface area contributed by atoms with Crippen LogP contribution >= 0.6 is 0 Å². The Morgan fingerprint density at radius 1 is 1.43 bits per heavy atom. The van der Waals surface area contributed by atoms with Crippen molar-refractivity contribution in [1.29, 1.82) is 0 Å². The molecular formula is C15H25N3O2S. The molecule has 1 saturated heterocycles. The van der Waals surface area contributed by atoms with Gasteiger partial charge in [0.15, 0.2) is 9.84 Å². The van der Waals surface area contributed by atoms with Gasteiger partial charge in [-0.3, -0.25) is 9.88 Å². The molecule has 1 fully saturated rings. The number of nitrogens with zero attached hydrogens (tertiary/aromatic N) is 2. The molecule has 118 valence electrons. The maximum Gasteiger partial charge on any atom is 0.151 e. The van der Waals surface area contributed by atoms with Crippen molar-refractivity contribution < 1.29 is 8.42 Å². The topological polar surface area (TPSA) is 62.3 Å². The Labute approximate surface area is 127 Å². The van der Waals surface area contributed by atoms with Crippen LogP contribution in [0.25, 0.3) is 0 Å². The van der Waals surface area contributed by atoms with Gasteiger partial charge in [-0.15, -0.1) is 0 Å². The van der Waals surface area contributed by atoms with Gasteiger partial charge in [-0.25, -0.2) is 8.42 Å². The van der Waals surface area contributed by atoms with E-state index in [2.05, 4.69) is 28.2 Å². The molecule has 6 heteroatoms. The largest absolute Gasteiger partial charge is 0.313 e. The summed E-state index contributed by atoms with van der Waals surface area (Å²) in [6.45, 7) is 4.70. The molecule has 5 nitrogen and oxygen atoms in total. The zero-order valence-electron chi connectivity index (χ0n) is 12.9. The molecule has 1 aromatic heterocycles. The van der Waals surface area contributed by atoms with Crippen LogP contribution in [0.2, 0.25) is 0 Å². The maximum atomic E-state index is 11.5. The summed E-state index contributed by atoms with van der Waals surface area (Å²) in [6.07, 6.45) is 3.76. The van der Waals surface area contributed by atoms with Gasteiger partial charge in [0.25, 0.3) is 0 Å². The summed E-state index contributed by atoms with van der Waals surface area (Å²) in [6, 6.07) is 4.25. The highest BCUT2D eigenvalue weighted by molar-refractivity contribution is 7.91. The van der Waals surface area contributed by atoms with Crippen LogP contribution in [0.5, 0.6) is 0 Å². The van der Waals surface area contributed by atoms with E-state index in [4.69, 9.17) is 0 Å². The molecule has 1 unspecified atom stereocenters. The minimum absolute atomic E-state index is 0.127. The van der Waals surface area contributed by atoms with Crippen molar-refractivity contribution in [2.45, 2.75) is 38.9 Å². The Morgan fingerprint density at radius 3 is 2.81 bits per heavy atom. The van der Waals surface area contributed by atoms with Crippen LogP contribution in [0.1, 0.15) is 31.0 Å². The third kappa shape index (κ3) is 5.05. The van der Waals surface area contributed by atoms with Gasteiger partial charge < -0.3 is 5.32 Å². The lowest BCUT2D eigenvalue weighted by Gasteiger charge is -2.22. The molecule has 1 aliphatic rings. The molecule has 1 atom stereocenters.